The van der Waals surface area contributed by atoms with E-state index in [0.717, 1.165) is 38.9 Å². The van der Waals surface area contributed by atoms with Crippen LogP contribution in [0.15, 0.2) is 41.8 Å². The van der Waals surface area contributed by atoms with Gasteiger partial charge in [0.05, 0.1) is 6.33 Å². The molecule has 0 fully saturated rings. The molecule has 0 bridgehead atoms. The molecule has 25 heavy (non-hydrogen) atoms. The Kier molecular flexibility index (Phi) is 7.01. The topological polar surface area (TPSA) is 67.2 Å². The molecular weight excluding hydrogens is 360 g/mol. The molecule has 0 unspecified atom stereocenters. The molecule has 2 heterocycles. The van der Waals surface area contributed by atoms with Gasteiger partial charge in [0.1, 0.15) is 0 Å². The molecule has 6 nitrogen and oxygen atoms in total. The molecular formula is C17H25ClN4O2S. The summed E-state index contributed by atoms with van der Waals surface area (Å²) in [4.78, 5) is 6.33. The highest BCUT2D eigenvalue weighted by Gasteiger charge is 2.17. The smallest absolute Gasteiger partial charge is 0.259 e. The van der Waals surface area contributed by atoms with E-state index in [4.69, 9.17) is 0 Å². The predicted molar refractivity (Wildman–Crippen MR) is 100 cm³/mol. The third kappa shape index (κ3) is 5.28. The van der Waals surface area contributed by atoms with Crippen LogP contribution in [0.4, 0.5) is 0 Å². The highest BCUT2D eigenvalue weighted by atomic mass is 35.5. The summed E-state index contributed by atoms with van der Waals surface area (Å²) in [5, 5.41) is 0.0811. The number of benzene rings is 1. The number of imidazole rings is 1. The summed E-state index contributed by atoms with van der Waals surface area (Å²) in [6.45, 7) is 3.52. The molecule has 1 aromatic carbocycles. The van der Waals surface area contributed by atoms with Gasteiger partial charge in [-0.3, -0.25) is 4.90 Å². The van der Waals surface area contributed by atoms with E-state index in [2.05, 4.69) is 38.9 Å². The van der Waals surface area contributed by atoms with Gasteiger partial charge in [0.25, 0.3) is 10.0 Å². The Hall–Kier alpha value is -1.41. The molecule has 2 aromatic rings. The van der Waals surface area contributed by atoms with E-state index < -0.39 is 10.0 Å². The summed E-state index contributed by atoms with van der Waals surface area (Å²) < 4.78 is 28.3. The van der Waals surface area contributed by atoms with Crippen molar-refractivity contribution < 1.29 is 8.42 Å². The summed E-state index contributed by atoms with van der Waals surface area (Å²) in [7, 11) is -1.73. The minimum Gasteiger partial charge on any atom is -0.339 e. The van der Waals surface area contributed by atoms with Crippen LogP contribution in [-0.2, 0) is 30.0 Å². The first-order valence-electron chi connectivity index (χ1n) is 8.31. The zero-order valence-electron chi connectivity index (χ0n) is 14.4. The number of hydrogen-bond acceptors (Lipinski definition) is 4. The molecule has 0 saturated carbocycles. The fraction of sp³-hybridized carbons (Fsp3) is 0.471. The van der Waals surface area contributed by atoms with E-state index in [1.807, 2.05) is 0 Å². The summed E-state index contributed by atoms with van der Waals surface area (Å²) in [5.74, 6) is 0. The second-order valence-electron chi connectivity index (χ2n) is 6.28. The average molecular weight is 385 g/mol. The van der Waals surface area contributed by atoms with Crippen molar-refractivity contribution in [2.75, 3.05) is 19.6 Å². The van der Waals surface area contributed by atoms with Gasteiger partial charge in [-0.05, 0) is 36.9 Å². The molecule has 1 aliphatic rings. The number of nitrogens with one attached hydrogen (secondary N) is 1. The summed E-state index contributed by atoms with van der Waals surface area (Å²) in [5.41, 5.74) is 2.87. The zero-order chi connectivity index (χ0) is 17.0. The Labute approximate surface area is 155 Å². The number of halogens is 1. The van der Waals surface area contributed by atoms with Crippen LogP contribution in [0.5, 0.6) is 0 Å². The van der Waals surface area contributed by atoms with Gasteiger partial charge in [-0.1, -0.05) is 24.3 Å². The normalized spacial score (nSPS) is 14.8. The van der Waals surface area contributed by atoms with Crippen molar-refractivity contribution in [2.45, 2.75) is 30.8 Å². The van der Waals surface area contributed by atoms with Crippen LogP contribution >= 0.6 is 12.4 Å². The van der Waals surface area contributed by atoms with E-state index in [1.54, 1.807) is 11.6 Å². The summed E-state index contributed by atoms with van der Waals surface area (Å²) in [6.07, 6.45) is 5.90. The van der Waals surface area contributed by atoms with Gasteiger partial charge in [-0.15, -0.1) is 12.4 Å². The largest absolute Gasteiger partial charge is 0.339 e. The number of hydrogen-bond donors (Lipinski definition) is 1. The van der Waals surface area contributed by atoms with Gasteiger partial charge in [0, 0.05) is 32.9 Å². The maximum Gasteiger partial charge on any atom is 0.259 e. The summed E-state index contributed by atoms with van der Waals surface area (Å²) in [6, 6.07) is 8.60. The van der Waals surface area contributed by atoms with Crippen molar-refractivity contribution in [3.8, 4) is 0 Å². The third-order valence-corrected chi connectivity index (χ3v) is 5.71. The van der Waals surface area contributed by atoms with E-state index in [9.17, 15) is 8.42 Å². The van der Waals surface area contributed by atoms with Gasteiger partial charge in [-0.25, -0.2) is 18.1 Å². The third-order valence-electron chi connectivity index (χ3n) is 4.36. The number of aryl methyl sites for hydroxylation is 1. The first-order valence-corrected chi connectivity index (χ1v) is 9.80. The monoisotopic (exact) mass is 384 g/mol. The molecule has 0 saturated heterocycles. The van der Waals surface area contributed by atoms with Crippen LogP contribution in [0.2, 0.25) is 0 Å². The van der Waals surface area contributed by atoms with E-state index in [0.29, 0.717) is 6.54 Å². The Balaban J connectivity index is 0.00000225. The average Bonchev–Trinajstić information content (AvgIpc) is 3.02. The molecule has 0 radical (unpaired) electrons. The molecule has 0 spiro atoms. The van der Waals surface area contributed by atoms with Crippen molar-refractivity contribution in [3.05, 3.63) is 47.9 Å². The maximum absolute atomic E-state index is 12.1. The SMILES string of the molecule is Cl.Cn1cnc(S(=O)(=O)NCCCCN2CCc3ccccc3C2)c1. The lowest BCUT2D eigenvalue weighted by Crippen LogP contribution is -2.32. The Bertz CT molecular complexity index is 791. The molecule has 3 rings (SSSR count). The van der Waals surface area contributed by atoms with E-state index >= 15 is 0 Å². The standard InChI is InChI=1S/C17H24N4O2S.ClH/c1-20-13-17(18-14-20)24(22,23)19-9-4-5-10-21-11-8-15-6-2-3-7-16(15)12-21;/h2-3,6-7,13-14,19H,4-5,8-12H2,1H3;1H. The lowest BCUT2D eigenvalue weighted by molar-refractivity contribution is 0.249. The molecule has 138 valence electrons. The second kappa shape index (κ2) is 8.80. The van der Waals surface area contributed by atoms with Crippen molar-refractivity contribution in [2.24, 2.45) is 7.05 Å². The van der Waals surface area contributed by atoms with Crippen LogP contribution < -0.4 is 4.72 Å². The number of sulfonamides is 1. The van der Waals surface area contributed by atoms with Crippen molar-refractivity contribution in [1.29, 1.82) is 0 Å². The van der Waals surface area contributed by atoms with Crippen molar-refractivity contribution >= 4 is 22.4 Å². The number of nitrogens with zero attached hydrogens (tertiary/aromatic N) is 3. The maximum atomic E-state index is 12.1. The molecule has 1 aliphatic heterocycles. The minimum absolute atomic E-state index is 0. The summed E-state index contributed by atoms with van der Waals surface area (Å²) >= 11 is 0. The van der Waals surface area contributed by atoms with E-state index in [-0.39, 0.29) is 17.4 Å². The van der Waals surface area contributed by atoms with Crippen LogP contribution in [-0.4, -0.2) is 42.5 Å². The minimum atomic E-state index is -3.48. The van der Waals surface area contributed by atoms with Gasteiger partial charge in [-0.2, -0.15) is 0 Å². The Morgan fingerprint density at radius 2 is 1.96 bits per heavy atom. The zero-order valence-corrected chi connectivity index (χ0v) is 16.0. The lowest BCUT2D eigenvalue weighted by atomic mass is 10.00. The molecule has 0 atom stereocenters. The Morgan fingerprint density at radius 1 is 1.20 bits per heavy atom. The highest BCUT2D eigenvalue weighted by molar-refractivity contribution is 7.89. The van der Waals surface area contributed by atoms with Crippen LogP contribution in [0.1, 0.15) is 24.0 Å². The fourth-order valence-electron chi connectivity index (χ4n) is 3.01. The fourth-order valence-corrected chi connectivity index (χ4v) is 4.07. The molecule has 1 N–H and O–H groups in total. The second-order valence-corrected chi connectivity index (χ2v) is 7.99. The predicted octanol–water partition coefficient (Wildman–Crippen LogP) is 1.96. The van der Waals surface area contributed by atoms with Gasteiger partial charge >= 0.3 is 0 Å². The molecule has 1 aromatic heterocycles. The van der Waals surface area contributed by atoms with E-state index in [1.165, 1.54) is 23.7 Å². The van der Waals surface area contributed by atoms with Crippen LogP contribution in [0.3, 0.4) is 0 Å². The van der Waals surface area contributed by atoms with Crippen LogP contribution in [0, 0.1) is 0 Å². The van der Waals surface area contributed by atoms with Gasteiger partial charge in [0.15, 0.2) is 5.03 Å². The quantitative estimate of drug-likeness (QED) is 0.741. The van der Waals surface area contributed by atoms with Gasteiger partial charge in [0.2, 0.25) is 0 Å². The molecule has 8 heteroatoms. The number of unbranched alkanes of at least 4 members (excludes halogenated alkanes) is 1. The highest BCUT2D eigenvalue weighted by Crippen LogP contribution is 2.18. The molecule has 0 aliphatic carbocycles. The molecule has 0 amide bonds. The lowest BCUT2D eigenvalue weighted by Gasteiger charge is -2.28. The number of rotatable bonds is 7. The van der Waals surface area contributed by atoms with Crippen molar-refractivity contribution in [1.82, 2.24) is 19.2 Å². The van der Waals surface area contributed by atoms with Gasteiger partial charge < -0.3 is 4.57 Å². The first kappa shape index (κ1) is 19.9. The number of aromatic nitrogens is 2. The van der Waals surface area contributed by atoms with Crippen LogP contribution in [0.25, 0.3) is 0 Å². The first-order chi connectivity index (χ1) is 11.5. The Morgan fingerprint density at radius 3 is 2.68 bits per heavy atom. The number of fused-ring (bicyclic) bond motifs is 1. The van der Waals surface area contributed by atoms with Crippen molar-refractivity contribution in [3.63, 3.8) is 0 Å².